The molecule has 1 aromatic rings. The van der Waals surface area contributed by atoms with Gasteiger partial charge in [0.05, 0.1) is 18.8 Å². The Morgan fingerprint density at radius 2 is 2.06 bits per heavy atom. The zero-order valence-corrected chi connectivity index (χ0v) is 11.6. The first-order valence-corrected chi connectivity index (χ1v) is 6.92. The summed E-state index contributed by atoms with van der Waals surface area (Å²) < 4.78 is 5.44. The van der Waals surface area contributed by atoms with Crippen molar-refractivity contribution in [2.24, 2.45) is 11.8 Å². The van der Waals surface area contributed by atoms with Gasteiger partial charge in [0.25, 0.3) is 0 Å². The summed E-state index contributed by atoms with van der Waals surface area (Å²) in [4.78, 5) is 4.53. The Hall–Kier alpha value is -1.09. The number of nitrogens with zero attached hydrogens (tertiary/aromatic N) is 1. The van der Waals surface area contributed by atoms with E-state index in [9.17, 15) is 0 Å². The molecule has 1 aliphatic carbocycles. The Morgan fingerprint density at radius 1 is 1.33 bits per heavy atom. The summed E-state index contributed by atoms with van der Waals surface area (Å²) in [6, 6.07) is 4.24. The fourth-order valence-electron chi connectivity index (χ4n) is 3.02. The van der Waals surface area contributed by atoms with E-state index in [4.69, 9.17) is 4.74 Å². The van der Waals surface area contributed by atoms with Gasteiger partial charge in [-0.05, 0) is 43.9 Å². The molecule has 1 unspecified atom stereocenters. The molecule has 1 N–H and O–H groups in total. The Balaban J connectivity index is 2.17. The molecule has 0 saturated heterocycles. The van der Waals surface area contributed by atoms with E-state index in [1.807, 2.05) is 25.4 Å². The molecule has 1 aliphatic rings. The van der Waals surface area contributed by atoms with E-state index in [1.165, 1.54) is 25.7 Å². The van der Waals surface area contributed by atoms with E-state index in [1.54, 1.807) is 7.11 Å². The summed E-state index contributed by atoms with van der Waals surface area (Å²) in [6.45, 7) is 2.35. The van der Waals surface area contributed by atoms with Crippen molar-refractivity contribution in [1.29, 1.82) is 0 Å². The van der Waals surface area contributed by atoms with Crippen LogP contribution in [0.1, 0.15) is 44.3 Å². The summed E-state index contributed by atoms with van der Waals surface area (Å²) in [5.41, 5.74) is 1.06. The predicted octanol–water partition coefficient (Wildman–Crippen LogP) is 3.18. The maximum atomic E-state index is 5.44. The van der Waals surface area contributed by atoms with Crippen LogP contribution in [0, 0.1) is 11.8 Å². The first kappa shape index (κ1) is 13.3. The topological polar surface area (TPSA) is 34.2 Å². The number of pyridine rings is 1. The molecule has 3 heteroatoms. The van der Waals surface area contributed by atoms with Gasteiger partial charge in [-0.1, -0.05) is 19.8 Å². The van der Waals surface area contributed by atoms with Crippen molar-refractivity contribution in [2.75, 3.05) is 14.2 Å². The van der Waals surface area contributed by atoms with Crippen LogP contribution in [0.5, 0.6) is 5.75 Å². The molecule has 18 heavy (non-hydrogen) atoms. The second kappa shape index (κ2) is 6.19. The average molecular weight is 248 g/mol. The predicted molar refractivity (Wildman–Crippen MR) is 73.7 cm³/mol. The number of hydrogen-bond acceptors (Lipinski definition) is 3. The smallest absolute Gasteiger partial charge is 0.141 e. The SMILES string of the molecule is CNC(c1ncccc1OC)C1CCC(C)CC1. The van der Waals surface area contributed by atoms with E-state index in [0.29, 0.717) is 12.0 Å². The van der Waals surface area contributed by atoms with Crippen LogP contribution < -0.4 is 10.1 Å². The fourth-order valence-corrected chi connectivity index (χ4v) is 3.02. The first-order valence-electron chi connectivity index (χ1n) is 6.92. The minimum absolute atomic E-state index is 0.314. The Labute approximate surface area is 110 Å². The zero-order chi connectivity index (χ0) is 13.0. The minimum atomic E-state index is 0.314. The van der Waals surface area contributed by atoms with Crippen LogP contribution in [0.15, 0.2) is 18.3 Å². The molecule has 0 bridgehead atoms. The van der Waals surface area contributed by atoms with Gasteiger partial charge in [0.1, 0.15) is 5.75 Å². The normalized spacial score (nSPS) is 25.7. The van der Waals surface area contributed by atoms with Crippen molar-refractivity contribution in [2.45, 2.75) is 38.6 Å². The third-order valence-corrected chi connectivity index (χ3v) is 4.16. The van der Waals surface area contributed by atoms with Gasteiger partial charge in [0.15, 0.2) is 0 Å². The van der Waals surface area contributed by atoms with E-state index >= 15 is 0 Å². The van der Waals surface area contributed by atoms with Crippen LogP contribution in [-0.4, -0.2) is 19.1 Å². The van der Waals surface area contributed by atoms with Crippen molar-refractivity contribution in [3.05, 3.63) is 24.0 Å². The summed E-state index contributed by atoms with van der Waals surface area (Å²) in [5, 5.41) is 3.44. The van der Waals surface area contributed by atoms with Crippen molar-refractivity contribution in [3.63, 3.8) is 0 Å². The third kappa shape index (κ3) is 2.83. The lowest BCUT2D eigenvalue weighted by Crippen LogP contribution is -2.29. The number of rotatable bonds is 4. The van der Waals surface area contributed by atoms with Gasteiger partial charge in [-0.25, -0.2) is 0 Å². The highest BCUT2D eigenvalue weighted by Gasteiger charge is 2.28. The average Bonchev–Trinajstić information content (AvgIpc) is 2.42. The van der Waals surface area contributed by atoms with Crippen molar-refractivity contribution in [3.8, 4) is 5.75 Å². The summed E-state index contributed by atoms with van der Waals surface area (Å²) in [7, 11) is 3.74. The molecule has 0 aromatic carbocycles. The number of nitrogens with one attached hydrogen (secondary N) is 1. The lowest BCUT2D eigenvalue weighted by atomic mass is 9.78. The Kier molecular flexibility index (Phi) is 4.59. The van der Waals surface area contributed by atoms with Gasteiger partial charge in [-0.15, -0.1) is 0 Å². The number of aromatic nitrogens is 1. The Bertz CT molecular complexity index is 373. The van der Waals surface area contributed by atoms with Crippen molar-refractivity contribution in [1.82, 2.24) is 10.3 Å². The number of ether oxygens (including phenoxy) is 1. The van der Waals surface area contributed by atoms with Crippen LogP contribution in [0.2, 0.25) is 0 Å². The molecule has 100 valence electrons. The molecular weight excluding hydrogens is 224 g/mol. The summed E-state index contributed by atoms with van der Waals surface area (Å²) in [5.74, 6) is 2.45. The molecule has 1 aromatic heterocycles. The molecule has 0 radical (unpaired) electrons. The fraction of sp³-hybridized carbons (Fsp3) is 0.667. The molecule has 1 atom stereocenters. The van der Waals surface area contributed by atoms with Gasteiger partial charge in [0.2, 0.25) is 0 Å². The second-order valence-corrected chi connectivity index (χ2v) is 5.38. The van der Waals surface area contributed by atoms with Crippen molar-refractivity contribution < 1.29 is 4.74 Å². The molecule has 0 amide bonds. The summed E-state index contributed by atoms with van der Waals surface area (Å²) >= 11 is 0. The largest absolute Gasteiger partial charge is 0.495 e. The Morgan fingerprint density at radius 3 is 2.67 bits per heavy atom. The first-order chi connectivity index (χ1) is 8.76. The van der Waals surface area contributed by atoms with E-state index in [-0.39, 0.29) is 0 Å². The lowest BCUT2D eigenvalue weighted by molar-refractivity contribution is 0.231. The van der Waals surface area contributed by atoms with E-state index < -0.39 is 0 Å². The van der Waals surface area contributed by atoms with E-state index in [0.717, 1.165) is 17.4 Å². The molecule has 2 rings (SSSR count). The van der Waals surface area contributed by atoms with Crippen LogP contribution in [-0.2, 0) is 0 Å². The van der Waals surface area contributed by atoms with Gasteiger partial charge in [0, 0.05) is 6.20 Å². The lowest BCUT2D eigenvalue weighted by Gasteiger charge is -2.32. The number of methoxy groups -OCH3 is 1. The zero-order valence-electron chi connectivity index (χ0n) is 11.6. The molecule has 0 spiro atoms. The third-order valence-electron chi connectivity index (χ3n) is 4.16. The molecular formula is C15H24N2O. The van der Waals surface area contributed by atoms with Gasteiger partial charge in [-0.2, -0.15) is 0 Å². The highest BCUT2D eigenvalue weighted by Crippen LogP contribution is 2.38. The second-order valence-electron chi connectivity index (χ2n) is 5.38. The van der Waals surface area contributed by atoms with Crippen LogP contribution >= 0.6 is 0 Å². The monoisotopic (exact) mass is 248 g/mol. The summed E-state index contributed by atoms with van der Waals surface area (Å²) in [6.07, 6.45) is 7.09. The maximum Gasteiger partial charge on any atom is 0.141 e. The van der Waals surface area contributed by atoms with Crippen LogP contribution in [0.3, 0.4) is 0 Å². The van der Waals surface area contributed by atoms with Crippen LogP contribution in [0.4, 0.5) is 0 Å². The molecule has 0 aliphatic heterocycles. The highest BCUT2D eigenvalue weighted by atomic mass is 16.5. The highest BCUT2D eigenvalue weighted by molar-refractivity contribution is 5.30. The molecule has 1 heterocycles. The van der Waals surface area contributed by atoms with Gasteiger partial charge >= 0.3 is 0 Å². The van der Waals surface area contributed by atoms with Crippen molar-refractivity contribution >= 4 is 0 Å². The standard InChI is InChI=1S/C15H24N2O/c1-11-6-8-12(9-7-11)14(16-2)15-13(18-3)5-4-10-17-15/h4-5,10-12,14,16H,6-9H2,1-3H3. The molecule has 3 nitrogen and oxygen atoms in total. The van der Waals surface area contributed by atoms with Crippen LogP contribution in [0.25, 0.3) is 0 Å². The van der Waals surface area contributed by atoms with Gasteiger partial charge in [-0.3, -0.25) is 4.98 Å². The maximum absolute atomic E-state index is 5.44. The number of hydrogen-bond donors (Lipinski definition) is 1. The van der Waals surface area contributed by atoms with E-state index in [2.05, 4.69) is 17.2 Å². The quantitative estimate of drug-likeness (QED) is 0.888. The minimum Gasteiger partial charge on any atom is -0.495 e. The molecule has 1 fully saturated rings. The van der Waals surface area contributed by atoms with Gasteiger partial charge < -0.3 is 10.1 Å². The molecule has 1 saturated carbocycles.